The number of non-ortho nitro benzene ring substituents is 1. The van der Waals surface area contributed by atoms with E-state index in [4.69, 9.17) is 4.42 Å². The summed E-state index contributed by atoms with van der Waals surface area (Å²) in [6.45, 7) is 0. The van der Waals surface area contributed by atoms with Gasteiger partial charge in [-0.1, -0.05) is 36.4 Å². The summed E-state index contributed by atoms with van der Waals surface area (Å²) in [5, 5.41) is 20.8. The van der Waals surface area contributed by atoms with Gasteiger partial charge in [0, 0.05) is 11.6 Å². The first-order chi connectivity index (χ1) is 10.1. The number of hydrogen-bond donors (Lipinski definition) is 1. The first-order valence-corrected chi connectivity index (χ1v) is 6.08. The summed E-state index contributed by atoms with van der Waals surface area (Å²) >= 11 is 0. The second kappa shape index (κ2) is 4.75. The van der Waals surface area contributed by atoms with E-state index in [1.807, 2.05) is 0 Å². The summed E-state index contributed by atoms with van der Waals surface area (Å²) in [4.78, 5) is 22.5. The molecule has 2 aromatic carbocycles. The Bertz CT molecular complexity index is 899. The predicted octanol–water partition coefficient (Wildman–Crippen LogP) is 3.07. The SMILES string of the molecule is O=c1c(O)c(-c2ccccc2)oc2cccc([N+](=O)[O-])c12. The van der Waals surface area contributed by atoms with Crippen molar-refractivity contribution in [3.63, 3.8) is 0 Å². The van der Waals surface area contributed by atoms with Crippen LogP contribution in [0.25, 0.3) is 22.3 Å². The second-order valence-electron chi connectivity index (χ2n) is 4.38. The number of hydrogen-bond acceptors (Lipinski definition) is 5. The van der Waals surface area contributed by atoms with Crippen molar-refractivity contribution in [3.05, 3.63) is 68.9 Å². The lowest BCUT2D eigenvalue weighted by atomic mass is 10.1. The lowest BCUT2D eigenvalue weighted by molar-refractivity contribution is -0.383. The van der Waals surface area contributed by atoms with Gasteiger partial charge in [-0.25, -0.2) is 0 Å². The Labute approximate surface area is 118 Å². The zero-order valence-electron chi connectivity index (χ0n) is 10.6. The van der Waals surface area contributed by atoms with E-state index in [2.05, 4.69) is 0 Å². The lowest BCUT2D eigenvalue weighted by Crippen LogP contribution is -2.05. The molecule has 0 saturated carbocycles. The topological polar surface area (TPSA) is 93.6 Å². The highest BCUT2D eigenvalue weighted by atomic mass is 16.6. The fourth-order valence-corrected chi connectivity index (χ4v) is 2.15. The molecule has 21 heavy (non-hydrogen) atoms. The van der Waals surface area contributed by atoms with Gasteiger partial charge in [-0.3, -0.25) is 14.9 Å². The van der Waals surface area contributed by atoms with Crippen molar-refractivity contribution in [2.45, 2.75) is 0 Å². The van der Waals surface area contributed by atoms with Crippen LogP contribution in [-0.4, -0.2) is 10.0 Å². The van der Waals surface area contributed by atoms with E-state index < -0.39 is 21.8 Å². The van der Waals surface area contributed by atoms with Crippen molar-refractivity contribution in [1.29, 1.82) is 0 Å². The third-order valence-electron chi connectivity index (χ3n) is 3.11. The molecular weight excluding hydrogens is 274 g/mol. The molecule has 0 fully saturated rings. The van der Waals surface area contributed by atoms with Crippen LogP contribution in [0.3, 0.4) is 0 Å². The molecule has 0 spiro atoms. The second-order valence-corrected chi connectivity index (χ2v) is 4.38. The molecule has 0 bridgehead atoms. The molecule has 0 atom stereocenters. The highest BCUT2D eigenvalue weighted by molar-refractivity contribution is 5.89. The van der Waals surface area contributed by atoms with Crippen molar-refractivity contribution < 1.29 is 14.4 Å². The summed E-state index contributed by atoms with van der Waals surface area (Å²) < 4.78 is 5.50. The van der Waals surface area contributed by atoms with E-state index >= 15 is 0 Å². The number of rotatable bonds is 2. The molecule has 0 saturated heterocycles. The van der Waals surface area contributed by atoms with Gasteiger partial charge >= 0.3 is 0 Å². The van der Waals surface area contributed by atoms with Gasteiger partial charge in [-0.05, 0) is 6.07 Å². The molecule has 3 aromatic rings. The van der Waals surface area contributed by atoms with Gasteiger partial charge in [-0.15, -0.1) is 0 Å². The Kier molecular flexibility index (Phi) is 2.91. The Hall–Kier alpha value is -3.15. The summed E-state index contributed by atoms with van der Waals surface area (Å²) in [5.74, 6) is -0.642. The first-order valence-electron chi connectivity index (χ1n) is 6.08. The molecule has 0 aliphatic carbocycles. The maximum atomic E-state index is 12.2. The number of aromatic hydroxyl groups is 1. The van der Waals surface area contributed by atoms with Crippen molar-refractivity contribution in [2.75, 3.05) is 0 Å². The summed E-state index contributed by atoms with van der Waals surface area (Å²) in [6.07, 6.45) is 0. The van der Waals surface area contributed by atoms with Crippen LogP contribution in [0, 0.1) is 10.1 Å². The molecule has 1 aromatic heterocycles. The zero-order valence-corrected chi connectivity index (χ0v) is 10.6. The average Bonchev–Trinajstić information content (AvgIpc) is 2.51. The Balaban J connectivity index is 2.41. The van der Waals surface area contributed by atoms with E-state index in [-0.39, 0.29) is 16.7 Å². The van der Waals surface area contributed by atoms with Gasteiger partial charge in [0.1, 0.15) is 11.0 Å². The minimum atomic E-state index is -0.817. The minimum absolute atomic E-state index is 0.00593. The molecule has 3 rings (SSSR count). The van der Waals surface area contributed by atoms with Crippen LogP contribution in [0.4, 0.5) is 5.69 Å². The normalized spacial score (nSPS) is 10.7. The van der Waals surface area contributed by atoms with Gasteiger partial charge in [-0.2, -0.15) is 0 Å². The van der Waals surface area contributed by atoms with Crippen LogP contribution in [0.1, 0.15) is 0 Å². The quantitative estimate of drug-likeness (QED) is 0.576. The molecule has 1 heterocycles. The Morgan fingerprint density at radius 1 is 1.05 bits per heavy atom. The van der Waals surface area contributed by atoms with Gasteiger partial charge in [0.15, 0.2) is 5.76 Å². The Morgan fingerprint density at radius 2 is 1.76 bits per heavy atom. The molecule has 104 valence electrons. The largest absolute Gasteiger partial charge is 0.502 e. The van der Waals surface area contributed by atoms with Gasteiger partial charge < -0.3 is 9.52 Å². The number of nitro groups is 1. The number of benzene rings is 2. The molecule has 0 aliphatic heterocycles. The molecular formula is C15H9NO5. The zero-order chi connectivity index (χ0) is 15.0. The minimum Gasteiger partial charge on any atom is -0.502 e. The number of nitrogens with zero attached hydrogens (tertiary/aromatic N) is 1. The van der Waals surface area contributed by atoms with Crippen LogP contribution in [0.2, 0.25) is 0 Å². The molecule has 1 N–H and O–H groups in total. The van der Waals surface area contributed by atoms with Crippen LogP contribution in [0.15, 0.2) is 57.7 Å². The van der Waals surface area contributed by atoms with Crippen LogP contribution in [0.5, 0.6) is 5.75 Å². The lowest BCUT2D eigenvalue weighted by Gasteiger charge is -2.05. The molecule has 6 nitrogen and oxygen atoms in total. The smallest absolute Gasteiger partial charge is 0.284 e. The van der Waals surface area contributed by atoms with Crippen molar-refractivity contribution in [1.82, 2.24) is 0 Å². The van der Waals surface area contributed by atoms with Crippen molar-refractivity contribution >= 4 is 16.7 Å². The van der Waals surface area contributed by atoms with Gasteiger partial charge in [0.05, 0.1) is 4.92 Å². The van der Waals surface area contributed by atoms with E-state index in [9.17, 15) is 20.0 Å². The molecule has 0 amide bonds. The highest BCUT2D eigenvalue weighted by Crippen LogP contribution is 2.32. The summed E-state index contributed by atoms with van der Waals surface area (Å²) in [7, 11) is 0. The number of nitro benzene ring substituents is 1. The Morgan fingerprint density at radius 3 is 2.43 bits per heavy atom. The van der Waals surface area contributed by atoms with E-state index in [1.54, 1.807) is 30.3 Å². The van der Waals surface area contributed by atoms with E-state index in [1.165, 1.54) is 18.2 Å². The third kappa shape index (κ3) is 2.02. The maximum absolute atomic E-state index is 12.2. The van der Waals surface area contributed by atoms with E-state index in [0.717, 1.165) is 0 Å². The van der Waals surface area contributed by atoms with Gasteiger partial charge in [0.2, 0.25) is 11.2 Å². The fourth-order valence-electron chi connectivity index (χ4n) is 2.15. The van der Waals surface area contributed by atoms with Crippen LogP contribution < -0.4 is 5.43 Å². The van der Waals surface area contributed by atoms with Crippen molar-refractivity contribution in [2.24, 2.45) is 0 Å². The summed E-state index contributed by atoms with van der Waals surface area (Å²) in [6, 6.07) is 12.7. The standard InChI is InChI=1S/C15H9NO5/c17-13-12-10(16(19)20)7-4-8-11(12)21-15(14(13)18)9-5-2-1-3-6-9/h1-8,18H. The van der Waals surface area contributed by atoms with Crippen molar-refractivity contribution in [3.8, 4) is 17.1 Å². The monoisotopic (exact) mass is 283 g/mol. The first kappa shape index (κ1) is 12.9. The predicted molar refractivity (Wildman–Crippen MR) is 76.2 cm³/mol. The fraction of sp³-hybridized carbons (Fsp3) is 0. The molecule has 0 aliphatic rings. The molecule has 0 unspecified atom stereocenters. The average molecular weight is 283 g/mol. The number of fused-ring (bicyclic) bond motifs is 1. The summed E-state index contributed by atoms with van der Waals surface area (Å²) in [5.41, 5.74) is -0.634. The van der Waals surface area contributed by atoms with Crippen LogP contribution in [-0.2, 0) is 0 Å². The maximum Gasteiger partial charge on any atom is 0.284 e. The molecule has 0 radical (unpaired) electrons. The molecule has 6 heteroatoms. The van der Waals surface area contributed by atoms with Crippen LogP contribution >= 0.6 is 0 Å². The van der Waals surface area contributed by atoms with Gasteiger partial charge in [0.25, 0.3) is 5.69 Å². The van der Waals surface area contributed by atoms with E-state index in [0.29, 0.717) is 5.56 Å². The highest BCUT2D eigenvalue weighted by Gasteiger charge is 2.22. The third-order valence-corrected chi connectivity index (χ3v) is 3.11.